The van der Waals surface area contributed by atoms with Crippen LogP contribution in [0.5, 0.6) is 0 Å². The summed E-state index contributed by atoms with van der Waals surface area (Å²) in [5.74, 6) is -1.27. The van der Waals surface area contributed by atoms with Gasteiger partial charge in [-0.1, -0.05) is 20.8 Å². The highest BCUT2D eigenvalue weighted by Gasteiger charge is 2.22. The summed E-state index contributed by atoms with van der Waals surface area (Å²) in [6.07, 6.45) is 0. The van der Waals surface area contributed by atoms with E-state index in [0.717, 1.165) is 4.88 Å². The van der Waals surface area contributed by atoms with Gasteiger partial charge in [0.2, 0.25) is 5.91 Å². The van der Waals surface area contributed by atoms with Crippen molar-refractivity contribution in [3.8, 4) is 0 Å². The molecule has 0 radical (unpaired) electrons. The molecule has 1 amide bonds. The molecule has 16 heavy (non-hydrogen) atoms. The third kappa shape index (κ3) is 2.82. The number of carboxylic acids is 1. The molecule has 0 aliphatic carbocycles. The third-order valence-corrected chi connectivity index (χ3v) is 3.53. The standard InChI is InChI=1S/C11H15NO3S/c1-6(13)12-7-5-8(11(2,3)4)16-9(7)10(14)15/h5H,1-4H3,(H,12,13)(H,14,15). The minimum atomic E-state index is -1.01. The Bertz CT molecular complexity index is 429. The number of thiophene rings is 1. The van der Waals surface area contributed by atoms with Crippen LogP contribution in [-0.2, 0) is 10.2 Å². The summed E-state index contributed by atoms with van der Waals surface area (Å²) in [5, 5.41) is 11.6. The van der Waals surface area contributed by atoms with E-state index in [1.54, 1.807) is 6.07 Å². The van der Waals surface area contributed by atoms with Crippen LogP contribution in [0, 0.1) is 0 Å². The van der Waals surface area contributed by atoms with Crippen LogP contribution in [0.1, 0.15) is 42.2 Å². The summed E-state index contributed by atoms with van der Waals surface area (Å²) in [7, 11) is 0. The van der Waals surface area contributed by atoms with E-state index in [4.69, 9.17) is 5.11 Å². The van der Waals surface area contributed by atoms with Gasteiger partial charge < -0.3 is 10.4 Å². The summed E-state index contributed by atoms with van der Waals surface area (Å²) < 4.78 is 0. The second kappa shape index (κ2) is 4.25. The van der Waals surface area contributed by atoms with Crippen molar-refractivity contribution in [2.24, 2.45) is 0 Å². The lowest BCUT2D eigenvalue weighted by molar-refractivity contribution is -0.114. The summed E-state index contributed by atoms with van der Waals surface area (Å²) in [6, 6.07) is 1.73. The predicted molar refractivity (Wildman–Crippen MR) is 64.3 cm³/mol. The quantitative estimate of drug-likeness (QED) is 0.836. The largest absolute Gasteiger partial charge is 0.477 e. The molecule has 0 saturated heterocycles. The van der Waals surface area contributed by atoms with Gasteiger partial charge in [-0.15, -0.1) is 11.3 Å². The van der Waals surface area contributed by atoms with E-state index >= 15 is 0 Å². The van der Waals surface area contributed by atoms with Gasteiger partial charge in [0.1, 0.15) is 4.88 Å². The summed E-state index contributed by atoms with van der Waals surface area (Å²) in [4.78, 5) is 23.1. The third-order valence-electron chi connectivity index (χ3n) is 1.98. The molecular formula is C11H15NO3S. The highest BCUT2D eigenvalue weighted by Crippen LogP contribution is 2.35. The summed E-state index contributed by atoms with van der Waals surface area (Å²) in [5.41, 5.74) is 0.265. The van der Waals surface area contributed by atoms with Crippen LogP contribution < -0.4 is 5.32 Å². The van der Waals surface area contributed by atoms with Crippen LogP contribution in [0.4, 0.5) is 5.69 Å². The minimum Gasteiger partial charge on any atom is -0.477 e. The average molecular weight is 241 g/mol. The fourth-order valence-electron chi connectivity index (χ4n) is 1.20. The van der Waals surface area contributed by atoms with Gasteiger partial charge in [-0.3, -0.25) is 4.79 Å². The Morgan fingerprint density at radius 3 is 2.31 bits per heavy atom. The molecular weight excluding hydrogens is 226 g/mol. The van der Waals surface area contributed by atoms with Gasteiger partial charge in [0.25, 0.3) is 0 Å². The highest BCUT2D eigenvalue weighted by molar-refractivity contribution is 7.14. The predicted octanol–water partition coefficient (Wildman–Crippen LogP) is 2.70. The number of carbonyl (C=O) groups is 2. The molecule has 0 bridgehead atoms. The van der Waals surface area contributed by atoms with E-state index in [-0.39, 0.29) is 16.2 Å². The monoisotopic (exact) mass is 241 g/mol. The van der Waals surface area contributed by atoms with Crippen molar-refractivity contribution in [2.75, 3.05) is 5.32 Å². The molecule has 0 saturated carbocycles. The zero-order valence-electron chi connectivity index (χ0n) is 9.75. The lowest BCUT2D eigenvalue weighted by Gasteiger charge is -2.15. The van der Waals surface area contributed by atoms with Crippen molar-refractivity contribution in [3.05, 3.63) is 15.8 Å². The number of aromatic carboxylic acids is 1. The molecule has 4 nitrogen and oxygen atoms in total. The number of hydrogen-bond acceptors (Lipinski definition) is 3. The summed E-state index contributed by atoms with van der Waals surface area (Å²) in [6.45, 7) is 7.37. The Kier molecular flexibility index (Phi) is 3.38. The van der Waals surface area contributed by atoms with Gasteiger partial charge in [0.15, 0.2) is 0 Å². The topological polar surface area (TPSA) is 66.4 Å². The molecule has 0 unspecified atom stereocenters. The van der Waals surface area contributed by atoms with Crippen molar-refractivity contribution in [2.45, 2.75) is 33.1 Å². The Balaban J connectivity index is 3.20. The molecule has 1 heterocycles. The smallest absolute Gasteiger partial charge is 0.348 e. The van der Waals surface area contributed by atoms with E-state index in [1.165, 1.54) is 18.3 Å². The van der Waals surface area contributed by atoms with Gasteiger partial charge >= 0.3 is 5.97 Å². The van der Waals surface area contributed by atoms with Crippen molar-refractivity contribution >= 4 is 28.9 Å². The fourth-order valence-corrected chi connectivity index (χ4v) is 2.21. The second-order valence-electron chi connectivity index (χ2n) is 4.59. The van der Waals surface area contributed by atoms with Crippen LogP contribution in [0.25, 0.3) is 0 Å². The Morgan fingerprint density at radius 2 is 1.94 bits per heavy atom. The average Bonchev–Trinajstić information content (AvgIpc) is 2.45. The minimum absolute atomic E-state index is 0.119. The van der Waals surface area contributed by atoms with Gasteiger partial charge in [-0.2, -0.15) is 0 Å². The van der Waals surface area contributed by atoms with Crippen LogP contribution in [0.15, 0.2) is 6.07 Å². The molecule has 0 atom stereocenters. The van der Waals surface area contributed by atoms with Crippen molar-refractivity contribution < 1.29 is 14.7 Å². The number of carbonyl (C=O) groups excluding carboxylic acids is 1. The molecule has 1 rings (SSSR count). The van der Waals surface area contributed by atoms with Crippen molar-refractivity contribution in [1.82, 2.24) is 0 Å². The van der Waals surface area contributed by atoms with Gasteiger partial charge in [0.05, 0.1) is 5.69 Å². The molecule has 88 valence electrons. The van der Waals surface area contributed by atoms with E-state index in [9.17, 15) is 9.59 Å². The normalized spacial score (nSPS) is 11.2. The van der Waals surface area contributed by atoms with E-state index in [2.05, 4.69) is 5.32 Å². The first kappa shape index (κ1) is 12.7. The molecule has 0 spiro atoms. The van der Waals surface area contributed by atoms with E-state index in [0.29, 0.717) is 5.69 Å². The molecule has 2 N–H and O–H groups in total. The first-order chi connectivity index (χ1) is 7.21. The summed E-state index contributed by atoms with van der Waals surface area (Å²) >= 11 is 1.20. The highest BCUT2D eigenvalue weighted by atomic mass is 32.1. The number of carboxylic acid groups (broad SMARTS) is 1. The Labute approximate surface area is 98.3 Å². The fraction of sp³-hybridized carbons (Fsp3) is 0.455. The first-order valence-corrected chi connectivity index (χ1v) is 5.68. The molecule has 5 heteroatoms. The van der Waals surface area contributed by atoms with E-state index < -0.39 is 5.97 Å². The van der Waals surface area contributed by atoms with Gasteiger partial charge in [-0.25, -0.2) is 4.79 Å². The molecule has 0 aromatic carbocycles. The lowest BCUT2D eigenvalue weighted by Crippen LogP contribution is -2.09. The molecule has 0 fully saturated rings. The zero-order chi connectivity index (χ0) is 12.5. The van der Waals surface area contributed by atoms with Gasteiger partial charge in [0, 0.05) is 11.8 Å². The number of anilines is 1. The number of hydrogen-bond donors (Lipinski definition) is 2. The maximum Gasteiger partial charge on any atom is 0.348 e. The van der Waals surface area contributed by atoms with Crippen LogP contribution >= 0.6 is 11.3 Å². The SMILES string of the molecule is CC(=O)Nc1cc(C(C)(C)C)sc1C(=O)O. The lowest BCUT2D eigenvalue weighted by atomic mass is 9.94. The molecule has 1 aromatic rings. The van der Waals surface area contributed by atoms with Crippen LogP contribution in [0.2, 0.25) is 0 Å². The molecule has 1 aromatic heterocycles. The molecule has 0 aliphatic rings. The second-order valence-corrected chi connectivity index (χ2v) is 5.64. The van der Waals surface area contributed by atoms with Crippen LogP contribution in [0.3, 0.4) is 0 Å². The number of nitrogens with one attached hydrogen (secondary N) is 1. The maximum atomic E-state index is 11.0. The number of amides is 1. The van der Waals surface area contributed by atoms with Crippen molar-refractivity contribution in [3.63, 3.8) is 0 Å². The zero-order valence-corrected chi connectivity index (χ0v) is 10.6. The Morgan fingerprint density at radius 1 is 1.38 bits per heavy atom. The van der Waals surface area contributed by atoms with Crippen molar-refractivity contribution in [1.29, 1.82) is 0 Å². The maximum absolute atomic E-state index is 11.0. The van der Waals surface area contributed by atoms with E-state index in [1.807, 2.05) is 20.8 Å². The molecule has 0 aliphatic heterocycles. The Hall–Kier alpha value is -1.36. The van der Waals surface area contributed by atoms with Crippen LogP contribution in [-0.4, -0.2) is 17.0 Å². The van der Waals surface area contributed by atoms with Gasteiger partial charge in [-0.05, 0) is 11.5 Å². The number of rotatable bonds is 2. The first-order valence-electron chi connectivity index (χ1n) is 4.87.